The molecule has 0 spiro atoms. The molecule has 6 heteroatoms. The topological polar surface area (TPSA) is 56.8 Å². The van der Waals surface area contributed by atoms with Crippen molar-refractivity contribution >= 4 is 5.91 Å². The minimum Gasteiger partial charge on any atom is -0.494 e. The number of hydrogen-bond acceptors (Lipinski definition) is 4. The fraction of sp³-hybridized carbons (Fsp3) is 0.381. The molecule has 1 atom stereocenters. The van der Waals surface area contributed by atoms with E-state index in [0.29, 0.717) is 44.8 Å². The Hall–Kier alpha value is -2.76. The van der Waals surface area contributed by atoms with Crippen LogP contribution in [0.5, 0.6) is 17.2 Å². The SMILES string of the molecule is CC(Cc1ccc2c(c1)OCCO2)NC(=O)CCCOc1ccc(F)cc1. The minimum absolute atomic E-state index is 0.0113. The van der Waals surface area contributed by atoms with Crippen LogP contribution in [0.25, 0.3) is 0 Å². The van der Waals surface area contributed by atoms with Crippen molar-refractivity contribution in [3.8, 4) is 17.2 Å². The third kappa shape index (κ3) is 5.88. The third-order valence-corrected chi connectivity index (χ3v) is 4.19. The van der Waals surface area contributed by atoms with E-state index in [2.05, 4.69) is 5.32 Å². The van der Waals surface area contributed by atoms with Gasteiger partial charge >= 0.3 is 0 Å². The van der Waals surface area contributed by atoms with E-state index in [0.717, 1.165) is 17.1 Å². The Bertz CT molecular complexity index is 763. The maximum Gasteiger partial charge on any atom is 0.220 e. The van der Waals surface area contributed by atoms with Crippen molar-refractivity contribution in [1.82, 2.24) is 5.32 Å². The van der Waals surface area contributed by atoms with Crippen molar-refractivity contribution in [3.05, 3.63) is 53.8 Å². The van der Waals surface area contributed by atoms with Crippen molar-refractivity contribution in [2.45, 2.75) is 32.2 Å². The highest BCUT2D eigenvalue weighted by Gasteiger charge is 2.14. The summed E-state index contributed by atoms with van der Waals surface area (Å²) in [6.45, 7) is 3.52. The summed E-state index contributed by atoms with van der Waals surface area (Å²) in [7, 11) is 0. The van der Waals surface area contributed by atoms with E-state index in [-0.39, 0.29) is 17.8 Å². The number of amides is 1. The lowest BCUT2D eigenvalue weighted by Crippen LogP contribution is -2.34. The number of carbonyl (C=O) groups is 1. The highest BCUT2D eigenvalue weighted by Crippen LogP contribution is 2.31. The molecule has 0 aliphatic carbocycles. The molecule has 144 valence electrons. The van der Waals surface area contributed by atoms with E-state index in [9.17, 15) is 9.18 Å². The zero-order chi connectivity index (χ0) is 19.1. The second-order valence-corrected chi connectivity index (χ2v) is 6.56. The summed E-state index contributed by atoms with van der Waals surface area (Å²) >= 11 is 0. The predicted molar refractivity (Wildman–Crippen MR) is 99.9 cm³/mol. The summed E-state index contributed by atoms with van der Waals surface area (Å²) in [5.74, 6) is 1.82. The van der Waals surface area contributed by atoms with Crippen LogP contribution in [0.1, 0.15) is 25.3 Å². The molecule has 1 aliphatic rings. The molecule has 0 bridgehead atoms. The molecule has 0 saturated carbocycles. The zero-order valence-corrected chi connectivity index (χ0v) is 15.4. The number of carbonyl (C=O) groups excluding carboxylic acids is 1. The van der Waals surface area contributed by atoms with E-state index in [1.54, 1.807) is 12.1 Å². The number of hydrogen-bond donors (Lipinski definition) is 1. The highest BCUT2D eigenvalue weighted by atomic mass is 19.1. The second-order valence-electron chi connectivity index (χ2n) is 6.56. The van der Waals surface area contributed by atoms with Crippen LogP contribution in [0.4, 0.5) is 4.39 Å². The van der Waals surface area contributed by atoms with Crippen LogP contribution >= 0.6 is 0 Å². The molecule has 1 heterocycles. The van der Waals surface area contributed by atoms with Crippen LogP contribution in [0.2, 0.25) is 0 Å². The average Bonchev–Trinajstić information content (AvgIpc) is 2.66. The number of nitrogens with one attached hydrogen (secondary N) is 1. The minimum atomic E-state index is -0.297. The van der Waals surface area contributed by atoms with Gasteiger partial charge in [0.1, 0.15) is 24.8 Å². The quantitative estimate of drug-likeness (QED) is 0.720. The molecular formula is C21H24FNO4. The van der Waals surface area contributed by atoms with Gasteiger partial charge in [-0.1, -0.05) is 6.07 Å². The Morgan fingerprint density at radius 2 is 1.89 bits per heavy atom. The molecule has 3 rings (SSSR count). The standard InChI is InChI=1S/C21H24FNO4/c1-15(13-16-4-9-19-20(14-16)27-12-11-26-19)23-21(24)3-2-10-25-18-7-5-17(22)6-8-18/h4-9,14-15H,2-3,10-13H2,1H3,(H,23,24). The number of ether oxygens (including phenoxy) is 3. The number of fused-ring (bicyclic) bond motifs is 1. The van der Waals surface area contributed by atoms with Crippen molar-refractivity contribution < 1.29 is 23.4 Å². The molecule has 2 aromatic rings. The molecule has 0 saturated heterocycles. The summed E-state index contributed by atoms with van der Waals surface area (Å²) in [5, 5.41) is 3.00. The second kappa shape index (κ2) is 9.26. The summed E-state index contributed by atoms with van der Waals surface area (Å²) in [5.41, 5.74) is 1.09. The lowest BCUT2D eigenvalue weighted by atomic mass is 10.1. The molecule has 1 aliphatic heterocycles. The van der Waals surface area contributed by atoms with Gasteiger partial charge in [-0.3, -0.25) is 4.79 Å². The summed E-state index contributed by atoms with van der Waals surface area (Å²) < 4.78 is 29.4. The predicted octanol–water partition coefficient (Wildman–Crippen LogP) is 3.50. The Kier molecular flexibility index (Phi) is 6.52. The van der Waals surface area contributed by atoms with Crippen molar-refractivity contribution in [2.75, 3.05) is 19.8 Å². The molecule has 5 nitrogen and oxygen atoms in total. The Morgan fingerprint density at radius 1 is 1.15 bits per heavy atom. The van der Waals surface area contributed by atoms with Gasteiger partial charge in [-0.2, -0.15) is 0 Å². The lowest BCUT2D eigenvalue weighted by molar-refractivity contribution is -0.121. The summed E-state index contributed by atoms with van der Waals surface area (Å²) in [6.07, 6.45) is 1.70. The summed E-state index contributed by atoms with van der Waals surface area (Å²) in [4.78, 5) is 12.1. The third-order valence-electron chi connectivity index (χ3n) is 4.19. The molecule has 0 fully saturated rings. The maximum atomic E-state index is 12.8. The van der Waals surface area contributed by atoms with Crippen molar-refractivity contribution in [3.63, 3.8) is 0 Å². The van der Waals surface area contributed by atoms with Gasteiger partial charge < -0.3 is 19.5 Å². The van der Waals surface area contributed by atoms with Gasteiger partial charge in [0, 0.05) is 12.5 Å². The molecule has 27 heavy (non-hydrogen) atoms. The molecule has 1 N–H and O–H groups in total. The lowest BCUT2D eigenvalue weighted by Gasteiger charge is -2.20. The van der Waals surface area contributed by atoms with Gasteiger partial charge in [-0.25, -0.2) is 4.39 Å². The molecule has 0 aromatic heterocycles. The Morgan fingerprint density at radius 3 is 2.67 bits per heavy atom. The maximum absolute atomic E-state index is 12.8. The van der Waals surface area contributed by atoms with E-state index in [4.69, 9.17) is 14.2 Å². The smallest absolute Gasteiger partial charge is 0.220 e. The van der Waals surface area contributed by atoms with Gasteiger partial charge in [-0.15, -0.1) is 0 Å². The number of halogens is 1. The van der Waals surface area contributed by atoms with Crippen molar-refractivity contribution in [1.29, 1.82) is 0 Å². The monoisotopic (exact) mass is 373 g/mol. The summed E-state index contributed by atoms with van der Waals surface area (Å²) in [6, 6.07) is 11.7. The first-order chi connectivity index (χ1) is 13.1. The van der Waals surface area contributed by atoms with Gasteiger partial charge in [0.25, 0.3) is 0 Å². The first-order valence-electron chi connectivity index (χ1n) is 9.16. The fourth-order valence-corrected chi connectivity index (χ4v) is 2.92. The van der Waals surface area contributed by atoms with Gasteiger partial charge in [0.05, 0.1) is 6.61 Å². The van der Waals surface area contributed by atoms with Crippen LogP contribution in [0.15, 0.2) is 42.5 Å². The zero-order valence-electron chi connectivity index (χ0n) is 15.4. The van der Waals surface area contributed by atoms with Gasteiger partial charge in [-0.05, 0) is 61.7 Å². The molecule has 0 radical (unpaired) electrons. The largest absolute Gasteiger partial charge is 0.494 e. The first-order valence-corrected chi connectivity index (χ1v) is 9.16. The fourth-order valence-electron chi connectivity index (χ4n) is 2.92. The average molecular weight is 373 g/mol. The Labute approximate surface area is 158 Å². The molecule has 1 amide bonds. The van der Waals surface area contributed by atoms with Gasteiger partial charge in [0.2, 0.25) is 5.91 Å². The number of rotatable bonds is 8. The number of benzene rings is 2. The van der Waals surface area contributed by atoms with Crippen LogP contribution in [0.3, 0.4) is 0 Å². The van der Waals surface area contributed by atoms with Crippen LogP contribution in [-0.4, -0.2) is 31.8 Å². The Balaban J connectivity index is 1.36. The van der Waals surface area contributed by atoms with E-state index >= 15 is 0 Å². The molecule has 1 unspecified atom stereocenters. The van der Waals surface area contributed by atoms with Crippen LogP contribution in [-0.2, 0) is 11.2 Å². The first kappa shape index (κ1) is 19.0. The molecular weight excluding hydrogens is 349 g/mol. The van der Waals surface area contributed by atoms with E-state index < -0.39 is 0 Å². The van der Waals surface area contributed by atoms with Gasteiger partial charge in [0.15, 0.2) is 11.5 Å². The van der Waals surface area contributed by atoms with E-state index in [1.165, 1.54) is 12.1 Å². The van der Waals surface area contributed by atoms with E-state index in [1.807, 2.05) is 25.1 Å². The van der Waals surface area contributed by atoms with Crippen LogP contribution < -0.4 is 19.5 Å². The normalized spacial score (nSPS) is 13.7. The van der Waals surface area contributed by atoms with Crippen LogP contribution in [0, 0.1) is 5.82 Å². The molecule has 2 aromatic carbocycles. The van der Waals surface area contributed by atoms with Crippen molar-refractivity contribution in [2.24, 2.45) is 0 Å². The highest BCUT2D eigenvalue weighted by molar-refractivity contribution is 5.76.